The first kappa shape index (κ1) is 20.3. The van der Waals surface area contributed by atoms with E-state index in [0.29, 0.717) is 13.2 Å². The minimum Gasteiger partial charge on any atom is -0.479 e. The molecule has 22 heavy (non-hydrogen) atoms. The van der Waals surface area contributed by atoms with Crippen LogP contribution in [0, 0.1) is 0 Å². The van der Waals surface area contributed by atoms with Crippen LogP contribution in [0.15, 0.2) is 0 Å². The Morgan fingerprint density at radius 1 is 1.18 bits per heavy atom. The van der Waals surface area contributed by atoms with Gasteiger partial charge in [0.05, 0.1) is 19.8 Å². The van der Waals surface area contributed by atoms with E-state index in [2.05, 4.69) is 4.74 Å². The van der Waals surface area contributed by atoms with Crippen molar-refractivity contribution in [2.24, 2.45) is 0 Å². The maximum absolute atomic E-state index is 11.8. The first-order valence-electron chi connectivity index (χ1n) is 6.66. The summed E-state index contributed by atoms with van der Waals surface area (Å²) in [7, 11) is 1.51. The maximum Gasteiger partial charge on any atom is 0.350 e. The zero-order valence-electron chi connectivity index (χ0n) is 13.0. The van der Waals surface area contributed by atoms with Crippen LogP contribution in [-0.4, -0.2) is 85.2 Å². The first-order valence-corrected chi connectivity index (χ1v) is 6.66. The van der Waals surface area contributed by atoms with Crippen LogP contribution in [0.1, 0.15) is 13.8 Å². The summed E-state index contributed by atoms with van der Waals surface area (Å²) in [4.78, 5) is 35.4. The highest BCUT2D eigenvalue weighted by Gasteiger charge is 2.34. The van der Waals surface area contributed by atoms with Gasteiger partial charge in [0.1, 0.15) is 0 Å². The van der Waals surface area contributed by atoms with E-state index in [4.69, 9.17) is 19.7 Å². The Labute approximate surface area is 128 Å². The summed E-state index contributed by atoms with van der Waals surface area (Å²) in [5, 5.41) is 17.4. The van der Waals surface area contributed by atoms with Crippen LogP contribution < -0.4 is 0 Å². The Morgan fingerprint density at radius 3 is 2.32 bits per heavy atom. The molecule has 0 heterocycles. The van der Waals surface area contributed by atoms with Gasteiger partial charge in [-0.3, -0.25) is 9.69 Å². The second-order valence-electron chi connectivity index (χ2n) is 4.95. The van der Waals surface area contributed by atoms with Crippen LogP contribution in [0.4, 0.5) is 0 Å². The van der Waals surface area contributed by atoms with Gasteiger partial charge in [0.15, 0.2) is 6.61 Å². The van der Waals surface area contributed by atoms with Crippen LogP contribution in [0.5, 0.6) is 0 Å². The molecular weight excluding hydrogens is 298 g/mol. The summed E-state index contributed by atoms with van der Waals surface area (Å²) < 4.78 is 14.4. The quantitative estimate of drug-likeness (QED) is 0.455. The molecule has 0 unspecified atom stereocenters. The third kappa shape index (κ3) is 8.55. The van der Waals surface area contributed by atoms with Crippen molar-refractivity contribution in [3.8, 4) is 0 Å². The smallest absolute Gasteiger partial charge is 0.350 e. The van der Waals surface area contributed by atoms with Crippen LogP contribution in [0.25, 0.3) is 0 Å². The second kappa shape index (κ2) is 10.1. The number of nitrogens with zero attached hydrogens (tertiary/aromatic N) is 1. The lowest BCUT2D eigenvalue weighted by Gasteiger charge is -2.25. The van der Waals surface area contributed by atoms with Gasteiger partial charge in [0, 0.05) is 20.2 Å². The number of esters is 2. The Balaban J connectivity index is 4.46. The molecule has 0 radical (unpaired) electrons. The molecule has 0 bridgehead atoms. The molecular formula is C13H23NO8. The van der Waals surface area contributed by atoms with E-state index in [9.17, 15) is 14.4 Å². The third-order valence-electron chi connectivity index (χ3n) is 2.57. The molecule has 2 N–H and O–H groups in total. The number of ether oxygens (including phenoxy) is 3. The molecule has 0 aromatic rings. The van der Waals surface area contributed by atoms with E-state index in [1.54, 1.807) is 4.90 Å². The fraction of sp³-hybridized carbons (Fsp3) is 0.769. The molecule has 0 atom stereocenters. The molecule has 0 aliphatic heterocycles. The summed E-state index contributed by atoms with van der Waals surface area (Å²) in [6.07, 6.45) is 0. The number of rotatable bonds is 11. The van der Waals surface area contributed by atoms with Crippen molar-refractivity contribution in [2.75, 3.05) is 46.6 Å². The van der Waals surface area contributed by atoms with Gasteiger partial charge in [0.25, 0.3) is 0 Å². The Bertz CT molecular complexity index is 382. The lowest BCUT2D eigenvalue weighted by Crippen LogP contribution is -2.43. The topological polar surface area (TPSA) is 123 Å². The average molecular weight is 321 g/mol. The van der Waals surface area contributed by atoms with Crippen LogP contribution in [0.2, 0.25) is 0 Å². The minimum atomic E-state index is -1.60. The summed E-state index contributed by atoms with van der Waals surface area (Å²) in [6, 6.07) is 0. The highest BCUT2D eigenvalue weighted by molar-refractivity contribution is 5.84. The van der Waals surface area contributed by atoms with Crippen LogP contribution in [0.3, 0.4) is 0 Å². The van der Waals surface area contributed by atoms with Crippen molar-refractivity contribution in [1.29, 1.82) is 0 Å². The van der Waals surface area contributed by atoms with Gasteiger partial charge in [-0.1, -0.05) is 0 Å². The Hall–Kier alpha value is -1.71. The molecule has 0 rings (SSSR count). The molecule has 0 fully saturated rings. The largest absolute Gasteiger partial charge is 0.479 e. The zero-order valence-corrected chi connectivity index (χ0v) is 13.0. The van der Waals surface area contributed by atoms with Gasteiger partial charge >= 0.3 is 17.9 Å². The van der Waals surface area contributed by atoms with Gasteiger partial charge in [-0.2, -0.15) is 0 Å². The molecule has 0 aliphatic rings. The lowest BCUT2D eigenvalue weighted by molar-refractivity contribution is -0.181. The molecule has 0 aromatic heterocycles. The highest BCUT2D eigenvalue weighted by atomic mass is 16.6. The van der Waals surface area contributed by atoms with E-state index < -0.39 is 30.1 Å². The molecule has 0 saturated carbocycles. The number of carboxylic acid groups (broad SMARTS) is 1. The molecule has 0 spiro atoms. The third-order valence-corrected chi connectivity index (χ3v) is 2.57. The molecule has 0 aliphatic carbocycles. The SMILES string of the molecule is COCCN(CCO)CC(=O)OC(C)(C)C(=O)OCC(=O)O. The molecule has 0 amide bonds. The number of carbonyl (C=O) groups excluding carboxylic acids is 2. The van der Waals surface area contributed by atoms with Crippen molar-refractivity contribution < 1.29 is 38.8 Å². The van der Waals surface area contributed by atoms with Crippen molar-refractivity contribution in [1.82, 2.24) is 4.90 Å². The van der Waals surface area contributed by atoms with E-state index in [1.807, 2.05) is 0 Å². The minimum absolute atomic E-state index is 0.138. The number of aliphatic carboxylic acids is 1. The number of hydrogen-bond donors (Lipinski definition) is 2. The predicted molar refractivity (Wildman–Crippen MR) is 74.2 cm³/mol. The lowest BCUT2D eigenvalue weighted by atomic mass is 10.1. The number of methoxy groups -OCH3 is 1. The Morgan fingerprint density at radius 2 is 1.82 bits per heavy atom. The van der Waals surface area contributed by atoms with Gasteiger partial charge < -0.3 is 24.4 Å². The van der Waals surface area contributed by atoms with Crippen LogP contribution in [-0.2, 0) is 28.6 Å². The van der Waals surface area contributed by atoms with Crippen molar-refractivity contribution in [3.05, 3.63) is 0 Å². The van der Waals surface area contributed by atoms with Crippen LogP contribution >= 0.6 is 0 Å². The van der Waals surface area contributed by atoms with Gasteiger partial charge in [0.2, 0.25) is 5.60 Å². The fourth-order valence-electron chi connectivity index (χ4n) is 1.47. The van der Waals surface area contributed by atoms with Gasteiger partial charge in [-0.05, 0) is 13.8 Å². The molecule has 0 saturated heterocycles. The highest BCUT2D eigenvalue weighted by Crippen LogP contribution is 2.12. The van der Waals surface area contributed by atoms with Gasteiger partial charge in [-0.15, -0.1) is 0 Å². The van der Waals surface area contributed by atoms with Gasteiger partial charge in [-0.25, -0.2) is 9.59 Å². The Kier molecular flexibility index (Phi) is 9.31. The first-order chi connectivity index (χ1) is 10.2. The van der Waals surface area contributed by atoms with Crippen molar-refractivity contribution in [3.63, 3.8) is 0 Å². The molecule has 0 aromatic carbocycles. The number of carbonyl (C=O) groups is 3. The van der Waals surface area contributed by atoms with E-state index in [1.165, 1.54) is 21.0 Å². The average Bonchev–Trinajstić information content (AvgIpc) is 2.41. The number of aliphatic hydroxyl groups is 1. The zero-order chi connectivity index (χ0) is 17.2. The molecule has 9 nitrogen and oxygen atoms in total. The summed E-state index contributed by atoms with van der Waals surface area (Å²) in [6.45, 7) is 2.57. The maximum atomic E-state index is 11.8. The van der Waals surface area contributed by atoms with Crippen molar-refractivity contribution in [2.45, 2.75) is 19.4 Å². The van der Waals surface area contributed by atoms with E-state index >= 15 is 0 Å². The monoisotopic (exact) mass is 321 g/mol. The summed E-state index contributed by atoms with van der Waals surface area (Å²) in [5.41, 5.74) is -1.60. The molecule has 9 heteroatoms. The van der Waals surface area contributed by atoms with Crippen molar-refractivity contribution >= 4 is 17.9 Å². The predicted octanol–water partition coefficient (Wildman–Crippen LogP) is -1.12. The van der Waals surface area contributed by atoms with E-state index in [0.717, 1.165) is 0 Å². The number of hydrogen-bond acceptors (Lipinski definition) is 8. The summed E-state index contributed by atoms with van der Waals surface area (Å²) in [5.74, 6) is -2.94. The van der Waals surface area contributed by atoms with E-state index in [-0.39, 0.29) is 19.7 Å². The molecule has 128 valence electrons. The summed E-state index contributed by atoms with van der Waals surface area (Å²) >= 11 is 0. The number of carboxylic acids is 1. The number of aliphatic hydroxyl groups excluding tert-OH is 1. The standard InChI is InChI=1S/C13H23NO8/c1-13(2,12(19)21-9-10(16)17)22-11(18)8-14(4-6-15)5-7-20-3/h15H,4-9H2,1-3H3,(H,16,17). The fourth-order valence-corrected chi connectivity index (χ4v) is 1.47. The second-order valence-corrected chi connectivity index (χ2v) is 4.95. The normalized spacial score (nSPS) is 11.3.